The Kier molecular flexibility index (Phi) is 6.49. The molecule has 1 saturated heterocycles. The first-order chi connectivity index (χ1) is 17.4. The molecule has 3 heterocycles. The van der Waals surface area contributed by atoms with E-state index in [1.807, 2.05) is 0 Å². The van der Waals surface area contributed by atoms with Gasteiger partial charge in [0.05, 0.1) is 41.0 Å². The van der Waals surface area contributed by atoms with Crippen molar-refractivity contribution < 1.29 is 26.4 Å². The molecule has 196 valence electrons. The zero-order chi connectivity index (χ0) is 26.5. The number of amides is 1. The maximum atomic E-state index is 15.2. The Hall–Kier alpha value is -3.03. The summed E-state index contributed by atoms with van der Waals surface area (Å²) in [6.45, 7) is -0.122. The van der Waals surface area contributed by atoms with Crippen molar-refractivity contribution in [1.29, 1.82) is 0 Å². The van der Waals surface area contributed by atoms with Crippen molar-refractivity contribution in [3.05, 3.63) is 52.8 Å². The van der Waals surface area contributed by atoms with E-state index in [0.717, 1.165) is 10.9 Å². The highest BCUT2D eigenvalue weighted by atomic mass is 35.5. The molecule has 37 heavy (non-hydrogen) atoms. The lowest BCUT2D eigenvalue weighted by atomic mass is 10.0. The SMILES string of the molecule is CN1CC(n2nnc(-c3cc4c(cc3F)S(=O)(=O)CCC(=O)N4Cc3ccc(Cl)cc3)n2)CC(F)(F)C1. The van der Waals surface area contributed by atoms with Crippen LogP contribution in [0.5, 0.6) is 0 Å². The standard InChI is InChI=1S/C23H22ClF3N6O3S/c1-31-12-16(10-23(26,27)13-31)33-29-22(28-30-33)17-8-19-20(9-18(17)25)37(35,36)7-6-21(34)32(19)11-14-2-4-15(24)5-3-14/h2-5,8-9,16H,6-7,10-13H2,1H3. The van der Waals surface area contributed by atoms with Crippen molar-refractivity contribution in [3.8, 4) is 11.4 Å². The zero-order valence-corrected chi connectivity index (χ0v) is 21.2. The van der Waals surface area contributed by atoms with Crippen LogP contribution in [0.1, 0.15) is 24.4 Å². The van der Waals surface area contributed by atoms with Crippen LogP contribution in [0.15, 0.2) is 41.3 Å². The van der Waals surface area contributed by atoms with E-state index < -0.39 is 52.2 Å². The van der Waals surface area contributed by atoms with Gasteiger partial charge in [0.15, 0.2) is 9.84 Å². The summed E-state index contributed by atoms with van der Waals surface area (Å²) in [7, 11) is -2.42. The molecule has 1 unspecified atom stereocenters. The summed E-state index contributed by atoms with van der Waals surface area (Å²) in [6, 6.07) is 7.93. The first-order valence-corrected chi connectivity index (χ1v) is 13.4. The van der Waals surface area contributed by atoms with Crippen LogP contribution >= 0.6 is 11.6 Å². The Morgan fingerprint density at radius 1 is 1.19 bits per heavy atom. The van der Waals surface area contributed by atoms with Gasteiger partial charge in [-0.25, -0.2) is 21.6 Å². The van der Waals surface area contributed by atoms with E-state index in [1.165, 1.54) is 15.9 Å². The number of aromatic nitrogens is 4. The third kappa shape index (κ3) is 5.20. The molecule has 5 rings (SSSR count). The first-order valence-electron chi connectivity index (χ1n) is 11.4. The molecule has 0 saturated carbocycles. The van der Waals surface area contributed by atoms with E-state index in [9.17, 15) is 22.0 Å². The van der Waals surface area contributed by atoms with Crippen molar-refractivity contribution in [2.24, 2.45) is 0 Å². The Balaban J connectivity index is 1.56. The van der Waals surface area contributed by atoms with E-state index in [-0.39, 0.29) is 41.5 Å². The molecule has 0 bridgehead atoms. The summed E-state index contributed by atoms with van der Waals surface area (Å²) >= 11 is 5.95. The fourth-order valence-electron chi connectivity index (χ4n) is 4.66. The lowest BCUT2D eigenvalue weighted by Crippen LogP contribution is -2.46. The van der Waals surface area contributed by atoms with Crippen molar-refractivity contribution in [1.82, 2.24) is 25.1 Å². The molecular formula is C23H22ClF3N6O3S. The Morgan fingerprint density at radius 3 is 2.62 bits per heavy atom. The van der Waals surface area contributed by atoms with E-state index >= 15 is 4.39 Å². The molecule has 2 aromatic carbocycles. The lowest BCUT2D eigenvalue weighted by molar-refractivity contribution is -0.118. The molecule has 1 fully saturated rings. The first kappa shape index (κ1) is 25.6. The number of hydrogen-bond donors (Lipinski definition) is 0. The molecule has 1 atom stereocenters. The predicted octanol–water partition coefficient (Wildman–Crippen LogP) is 3.36. The van der Waals surface area contributed by atoms with Gasteiger partial charge < -0.3 is 4.90 Å². The number of likely N-dealkylation sites (N-methyl/N-ethyl adjacent to an activating group) is 1. The van der Waals surface area contributed by atoms with Crippen LogP contribution in [-0.2, 0) is 21.2 Å². The van der Waals surface area contributed by atoms with Crippen LogP contribution < -0.4 is 4.90 Å². The number of benzene rings is 2. The van der Waals surface area contributed by atoms with Crippen LogP contribution in [0.4, 0.5) is 18.9 Å². The monoisotopic (exact) mass is 554 g/mol. The number of rotatable bonds is 4. The van der Waals surface area contributed by atoms with Gasteiger partial charge in [-0.3, -0.25) is 9.69 Å². The van der Waals surface area contributed by atoms with Crippen molar-refractivity contribution >= 4 is 33.0 Å². The van der Waals surface area contributed by atoms with Gasteiger partial charge in [-0.15, -0.1) is 10.2 Å². The highest BCUT2D eigenvalue weighted by Crippen LogP contribution is 2.37. The largest absolute Gasteiger partial charge is 0.307 e. The minimum atomic E-state index is -3.97. The minimum Gasteiger partial charge on any atom is -0.307 e. The highest BCUT2D eigenvalue weighted by Gasteiger charge is 2.41. The second kappa shape index (κ2) is 9.37. The van der Waals surface area contributed by atoms with Gasteiger partial charge in [0, 0.05) is 24.4 Å². The van der Waals surface area contributed by atoms with Gasteiger partial charge in [0.2, 0.25) is 11.7 Å². The van der Waals surface area contributed by atoms with Crippen LogP contribution in [0.3, 0.4) is 0 Å². The maximum Gasteiger partial charge on any atom is 0.262 e. The summed E-state index contributed by atoms with van der Waals surface area (Å²) in [5.74, 6) is -5.02. The number of halogens is 4. The molecular weight excluding hydrogens is 533 g/mol. The second-order valence-electron chi connectivity index (χ2n) is 9.32. The molecule has 1 amide bonds. The van der Waals surface area contributed by atoms with Gasteiger partial charge in [0.25, 0.3) is 5.92 Å². The number of likely N-dealkylation sites (tertiary alicyclic amines) is 1. The zero-order valence-electron chi connectivity index (χ0n) is 19.6. The number of anilines is 1. The van der Waals surface area contributed by atoms with Crippen molar-refractivity contribution in [3.63, 3.8) is 0 Å². The second-order valence-corrected chi connectivity index (χ2v) is 11.8. The Bertz CT molecular complexity index is 1460. The van der Waals surface area contributed by atoms with Gasteiger partial charge in [0.1, 0.15) is 5.82 Å². The summed E-state index contributed by atoms with van der Waals surface area (Å²) in [4.78, 5) is 16.4. The molecule has 2 aliphatic heterocycles. The van der Waals surface area contributed by atoms with Crippen LogP contribution in [0.25, 0.3) is 11.4 Å². The summed E-state index contributed by atoms with van der Waals surface area (Å²) in [6.07, 6.45) is -0.777. The Labute approximate surface area is 215 Å². The van der Waals surface area contributed by atoms with E-state index in [0.29, 0.717) is 10.6 Å². The minimum absolute atomic E-state index is 0.0193. The van der Waals surface area contributed by atoms with Crippen LogP contribution in [-0.4, -0.2) is 71.2 Å². The van der Waals surface area contributed by atoms with Gasteiger partial charge in [-0.05, 0) is 42.1 Å². The average molecular weight is 555 g/mol. The normalized spacial score (nSPS) is 21.5. The van der Waals surface area contributed by atoms with E-state index in [4.69, 9.17) is 11.6 Å². The Morgan fingerprint density at radius 2 is 1.92 bits per heavy atom. The van der Waals surface area contributed by atoms with Gasteiger partial charge in [-0.2, -0.15) is 4.80 Å². The smallest absolute Gasteiger partial charge is 0.262 e. The van der Waals surface area contributed by atoms with Crippen LogP contribution in [0, 0.1) is 5.82 Å². The summed E-state index contributed by atoms with van der Waals surface area (Å²) in [5.41, 5.74) is 0.460. The van der Waals surface area contributed by atoms with E-state index in [2.05, 4.69) is 15.4 Å². The molecule has 0 radical (unpaired) electrons. The third-order valence-electron chi connectivity index (χ3n) is 6.37. The lowest BCUT2D eigenvalue weighted by Gasteiger charge is -2.34. The molecule has 0 N–H and O–H groups in total. The van der Waals surface area contributed by atoms with Crippen LogP contribution in [0.2, 0.25) is 5.02 Å². The number of alkyl halides is 2. The number of nitrogens with zero attached hydrogens (tertiary/aromatic N) is 6. The number of sulfone groups is 1. The number of fused-ring (bicyclic) bond motifs is 1. The van der Waals surface area contributed by atoms with E-state index in [1.54, 1.807) is 31.3 Å². The maximum absolute atomic E-state index is 15.2. The molecule has 0 spiro atoms. The summed E-state index contributed by atoms with van der Waals surface area (Å²) < 4.78 is 69.2. The number of carbonyl (C=O) groups is 1. The predicted molar refractivity (Wildman–Crippen MR) is 129 cm³/mol. The number of piperidine rings is 1. The average Bonchev–Trinajstić information content (AvgIpc) is 3.28. The van der Waals surface area contributed by atoms with Crippen molar-refractivity contribution in [2.45, 2.75) is 36.2 Å². The van der Waals surface area contributed by atoms with Crippen molar-refractivity contribution in [2.75, 3.05) is 30.8 Å². The molecule has 3 aromatic rings. The van der Waals surface area contributed by atoms with Gasteiger partial charge in [-0.1, -0.05) is 23.7 Å². The number of tetrazole rings is 1. The quantitative estimate of drug-likeness (QED) is 0.487. The number of carbonyl (C=O) groups excluding carboxylic acids is 1. The highest BCUT2D eigenvalue weighted by molar-refractivity contribution is 7.91. The molecule has 14 heteroatoms. The molecule has 9 nitrogen and oxygen atoms in total. The molecule has 0 aliphatic carbocycles. The molecule has 2 aliphatic rings. The fourth-order valence-corrected chi connectivity index (χ4v) is 6.22. The van der Waals surface area contributed by atoms with Gasteiger partial charge >= 0.3 is 0 Å². The third-order valence-corrected chi connectivity index (χ3v) is 8.36. The fraction of sp³-hybridized carbons (Fsp3) is 0.391. The summed E-state index contributed by atoms with van der Waals surface area (Å²) in [5, 5.41) is 12.3. The topological polar surface area (TPSA) is 101 Å². The number of hydrogen-bond acceptors (Lipinski definition) is 7. The molecule has 1 aromatic heterocycles.